The summed E-state index contributed by atoms with van der Waals surface area (Å²) in [5.74, 6) is -2.31. The van der Waals surface area contributed by atoms with Gasteiger partial charge in [-0.25, -0.2) is 4.79 Å². The summed E-state index contributed by atoms with van der Waals surface area (Å²) in [5.41, 5.74) is 0.687. The Morgan fingerprint density at radius 1 is 0.562 bits per heavy atom. The number of nitrogens with zero attached hydrogens (tertiary/aromatic N) is 6. The molecule has 0 saturated heterocycles. The third kappa shape index (κ3) is 9.90. The van der Waals surface area contributed by atoms with Gasteiger partial charge >= 0.3 is 5.97 Å². The Hall–Kier alpha value is -7.10. The van der Waals surface area contributed by atoms with Gasteiger partial charge in [0, 0.05) is 39.7 Å². The predicted molar refractivity (Wildman–Crippen MR) is 237 cm³/mol. The summed E-state index contributed by atoms with van der Waals surface area (Å²) in [4.78, 5) is 10.0. The van der Waals surface area contributed by atoms with Crippen LogP contribution in [0.15, 0.2) is 161 Å². The van der Waals surface area contributed by atoms with Crippen LogP contribution in [-0.2, 0) is 10.1 Å². The molecule has 0 radical (unpaired) electrons. The van der Waals surface area contributed by atoms with Crippen LogP contribution in [0.5, 0.6) is 17.2 Å². The van der Waals surface area contributed by atoms with Gasteiger partial charge in [0.05, 0.1) is 44.4 Å². The maximum atomic E-state index is 12.1. The number of benzene rings is 7. The van der Waals surface area contributed by atoms with Crippen molar-refractivity contribution in [2.45, 2.75) is 14.7 Å². The fourth-order valence-electron chi connectivity index (χ4n) is 6.10. The molecule has 0 aromatic heterocycles. The molecule has 21 nitrogen and oxygen atoms in total. The molecular formula is C40H33N7O14S3. The standard InChI is InChI=1S/C40H33N7O14S3/c1-61-36-20-33(45-47-38-37(64(58,59)60)16-22-4-7-25(17-29(22)39(38)49)41-23-5-2-21(3-6-23)40(50)51)35(48)19-34(36)46-44-32-15-14-31(28-13-12-27(18-30(28)32)63(55,56)57)43-42-24-8-10-26(11-9-24)62(52,53)54/h2-20,41,48-49,52-54,58-60H,1H3,(H,50,51)(H,55,56,57). The van der Waals surface area contributed by atoms with Crippen molar-refractivity contribution < 1.29 is 65.1 Å². The van der Waals surface area contributed by atoms with Crippen molar-refractivity contribution in [1.82, 2.24) is 0 Å². The zero-order chi connectivity index (χ0) is 46.1. The molecule has 0 bridgehead atoms. The number of hydrogen-bond acceptors (Lipinski definition) is 19. The topological polar surface area (TPSA) is 349 Å². The van der Waals surface area contributed by atoms with Gasteiger partial charge in [0.25, 0.3) is 10.1 Å². The summed E-state index contributed by atoms with van der Waals surface area (Å²) in [7, 11) is -11.9. The van der Waals surface area contributed by atoms with Gasteiger partial charge in [-0.1, -0.05) is 12.1 Å². The molecule has 7 aromatic rings. The van der Waals surface area contributed by atoms with E-state index in [2.05, 4.69) is 36.0 Å². The normalized spacial score (nSPS) is 13.1. The lowest BCUT2D eigenvalue weighted by molar-refractivity contribution is 0.0696. The quantitative estimate of drug-likeness (QED) is 0.0378. The molecule has 0 unspecified atom stereocenters. The largest absolute Gasteiger partial charge is 0.506 e. The molecule has 7 aromatic carbocycles. The summed E-state index contributed by atoms with van der Waals surface area (Å²) in [6.45, 7) is 0. The molecule has 0 amide bonds. The van der Waals surface area contributed by atoms with Crippen molar-refractivity contribution in [3.05, 3.63) is 121 Å². The molecular weight excluding hydrogens is 899 g/mol. The molecule has 0 aliphatic heterocycles. The number of nitrogens with one attached hydrogen (secondary N) is 1. The third-order valence-corrected chi connectivity index (χ3v) is 11.9. The SMILES string of the molecule is COc1cc(N=Nc2c(S(O)(O)O)cc3ccc(Nc4ccc(C(=O)O)cc4)cc3c2O)c(O)cc1N=Nc1ccc(N=Nc2ccc(S(O)(O)O)cc2)c2ccc(S(=O)(=O)O)cc12. The van der Waals surface area contributed by atoms with Crippen LogP contribution in [0.2, 0.25) is 0 Å². The molecule has 64 heavy (non-hydrogen) atoms. The minimum Gasteiger partial charge on any atom is -0.506 e. The van der Waals surface area contributed by atoms with E-state index in [4.69, 9.17) is 4.74 Å². The van der Waals surface area contributed by atoms with E-state index in [0.29, 0.717) is 16.8 Å². The third-order valence-electron chi connectivity index (χ3n) is 9.23. The highest BCUT2D eigenvalue weighted by atomic mass is 32.3. The highest BCUT2D eigenvalue weighted by Crippen LogP contribution is 2.55. The second-order valence-corrected chi connectivity index (χ2v) is 17.9. The highest BCUT2D eigenvalue weighted by molar-refractivity contribution is 8.19. The van der Waals surface area contributed by atoms with Crippen LogP contribution in [0, 0.1) is 0 Å². The van der Waals surface area contributed by atoms with Crippen LogP contribution < -0.4 is 10.1 Å². The zero-order valence-corrected chi connectivity index (χ0v) is 34.9. The molecule has 7 rings (SSSR count). The van der Waals surface area contributed by atoms with Gasteiger partial charge in [-0.2, -0.15) is 13.5 Å². The van der Waals surface area contributed by atoms with Gasteiger partial charge < -0.3 is 52.7 Å². The maximum absolute atomic E-state index is 12.1. The Morgan fingerprint density at radius 2 is 1.17 bits per heavy atom. The number of carboxylic acids is 1. The van der Waals surface area contributed by atoms with Crippen LogP contribution in [0.3, 0.4) is 0 Å². The van der Waals surface area contributed by atoms with E-state index >= 15 is 0 Å². The average molecular weight is 932 g/mol. The number of aromatic carboxylic acids is 1. The van der Waals surface area contributed by atoms with Gasteiger partial charge in [-0.05, 0) is 96.4 Å². The van der Waals surface area contributed by atoms with Crippen molar-refractivity contribution in [2.24, 2.45) is 30.7 Å². The molecule has 0 atom stereocenters. The number of anilines is 2. The van der Waals surface area contributed by atoms with Crippen molar-refractivity contribution in [1.29, 1.82) is 0 Å². The summed E-state index contributed by atoms with van der Waals surface area (Å²) < 4.78 is 98.6. The number of hydrogen-bond donors (Lipinski definition) is 11. The second kappa shape index (κ2) is 17.6. The molecule has 11 N–H and O–H groups in total. The lowest BCUT2D eigenvalue weighted by atomic mass is 10.1. The lowest BCUT2D eigenvalue weighted by Gasteiger charge is -2.22. The fourth-order valence-corrected chi connectivity index (χ4v) is 7.79. The monoisotopic (exact) mass is 931 g/mol. The van der Waals surface area contributed by atoms with E-state index in [1.807, 2.05) is 0 Å². The number of carboxylic acid groups (broad SMARTS) is 1. The molecule has 0 aliphatic carbocycles. The second-order valence-electron chi connectivity index (χ2n) is 13.4. The van der Waals surface area contributed by atoms with Crippen molar-refractivity contribution in [3.63, 3.8) is 0 Å². The van der Waals surface area contributed by atoms with Crippen LogP contribution in [0.25, 0.3) is 21.5 Å². The van der Waals surface area contributed by atoms with E-state index in [1.54, 1.807) is 6.07 Å². The maximum Gasteiger partial charge on any atom is 0.335 e. The van der Waals surface area contributed by atoms with Gasteiger partial charge in [0.1, 0.15) is 50.3 Å². The summed E-state index contributed by atoms with van der Waals surface area (Å²) >= 11 is 0. The Labute approximate surface area is 364 Å². The van der Waals surface area contributed by atoms with Crippen LogP contribution in [0.1, 0.15) is 10.4 Å². The number of rotatable bonds is 13. The number of phenolic OH excluding ortho intramolecular Hbond substituents is 2. The van der Waals surface area contributed by atoms with Gasteiger partial charge in [-0.3, -0.25) is 4.55 Å². The Kier molecular flexibility index (Phi) is 12.3. The smallest absolute Gasteiger partial charge is 0.335 e. The van der Waals surface area contributed by atoms with E-state index in [9.17, 15) is 60.4 Å². The van der Waals surface area contributed by atoms with Crippen molar-refractivity contribution >= 4 is 105 Å². The zero-order valence-electron chi connectivity index (χ0n) is 32.5. The van der Waals surface area contributed by atoms with Crippen LogP contribution >= 0.6 is 21.7 Å². The number of phenols is 2. The molecule has 0 heterocycles. The van der Waals surface area contributed by atoms with E-state index < -0.39 is 64.8 Å². The first-order chi connectivity index (χ1) is 30.2. The minimum atomic E-state index is -4.68. The van der Waals surface area contributed by atoms with Crippen molar-refractivity contribution in [2.75, 3.05) is 12.4 Å². The Morgan fingerprint density at radius 3 is 1.80 bits per heavy atom. The molecule has 0 aliphatic rings. The molecule has 24 heteroatoms. The highest BCUT2D eigenvalue weighted by Gasteiger charge is 2.26. The van der Waals surface area contributed by atoms with E-state index in [-0.39, 0.29) is 60.8 Å². The number of ether oxygens (including phenoxy) is 1. The number of aromatic hydroxyl groups is 2. The van der Waals surface area contributed by atoms with E-state index in [1.165, 1.54) is 98.1 Å². The number of carbonyl (C=O) groups is 1. The lowest BCUT2D eigenvalue weighted by Crippen LogP contribution is -1.98. The predicted octanol–water partition coefficient (Wildman–Crippen LogP) is 12.5. The molecule has 0 fully saturated rings. The van der Waals surface area contributed by atoms with Gasteiger partial charge in [0.15, 0.2) is 5.75 Å². The first-order valence-electron chi connectivity index (χ1n) is 17.9. The van der Waals surface area contributed by atoms with Crippen LogP contribution in [-0.4, -0.2) is 68.7 Å². The molecule has 330 valence electrons. The fraction of sp³-hybridized carbons (Fsp3) is 0.0250. The number of azo groups is 3. The first-order valence-corrected chi connectivity index (χ1v) is 22.4. The summed E-state index contributed by atoms with van der Waals surface area (Å²) in [6.07, 6.45) is 0. The Bertz CT molecular complexity index is 3180. The van der Waals surface area contributed by atoms with Crippen molar-refractivity contribution in [3.8, 4) is 17.2 Å². The number of methoxy groups -OCH3 is 1. The van der Waals surface area contributed by atoms with Gasteiger partial charge in [-0.15, -0.1) is 25.6 Å². The van der Waals surface area contributed by atoms with Crippen LogP contribution in [0.4, 0.5) is 45.5 Å². The molecule has 0 saturated carbocycles. The minimum absolute atomic E-state index is 0.0289. The van der Waals surface area contributed by atoms with Gasteiger partial charge in [0.2, 0.25) is 0 Å². The van der Waals surface area contributed by atoms with E-state index in [0.717, 1.165) is 18.2 Å². The first kappa shape index (κ1) is 44.9. The summed E-state index contributed by atoms with van der Waals surface area (Å²) in [6, 6.07) is 25.7. The number of fused-ring (bicyclic) bond motifs is 2. The molecule has 0 spiro atoms. The summed E-state index contributed by atoms with van der Waals surface area (Å²) in [5, 5.41) is 60.2. The average Bonchev–Trinajstić information content (AvgIpc) is 3.24. The Balaban J connectivity index is 1.21.